The van der Waals surface area contributed by atoms with E-state index < -0.39 is 0 Å². The molecule has 0 atom stereocenters. The summed E-state index contributed by atoms with van der Waals surface area (Å²) < 4.78 is 8.21. The van der Waals surface area contributed by atoms with Gasteiger partial charge in [0.25, 0.3) is 0 Å². The molecule has 2 rings (SSSR count). The van der Waals surface area contributed by atoms with Crippen LogP contribution in [0.15, 0.2) is 6.33 Å². The highest BCUT2D eigenvalue weighted by Gasteiger charge is 2.29. The summed E-state index contributed by atoms with van der Waals surface area (Å²) in [6, 6.07) is 0. The highest BCUT2D eigenvalue weighted by atomic mass is 35.5. The first-order chi connectivity index (χ1) is 7.31. The first kappa shape index (κ1) is 10.8. The van der Waals surface area contributed by atoms with E-state index in [1.54, 1.807) is 6.33 Å². The van der Waals surface area contributed by atoms with Crippen molar-refractivity contribution in [1.29, 1.82) is 0 Å². The van der Waals surface area contributed by atoms with Gasteiger partial charge in [0.1, 0.15) is 23.2 Å². The molecule has 0 N–H and O–H groups in total. The van der Waals surface area contributed by atoms with Crippen LogP contribution in [0.1, 0.15) is 36.6 Å². The monoisotopic (exact) mass is 246 g/mol. The highest BCUT2D eigenvalue weighted by Crippen LogP contribution is 2.36. The SMILES string of the molecule is O=C(OCl)C1CCC(c2ncns2)CC1. The number of carbonyl (C=O) groups excluding carboxylic acids is 1. The van der Waals surface area contributed by atoms with E-state index in [4.69, 9.17) is 11.9 Å². The van der Waals surface area contributed by atoms with Crippen LogP contribution in [0.4, 0.5) is 0 Å². The van der Waals surface area contributed by atoms with E-state index in [0.717, 1.165) is 30.7 Å². The number of hydrogen-bond acceptors (Lipinski definition) is 5. The Morgan fingerprint density at radius 2 is 2.20 bits per heavy atom. The topological polar surface area (TPSA) is 52.1 Å². The summed E-state index contributed by atoms with van der Waals surface area (Å²) in [7, 11) is 0. The second-order valence-electron chi connectivity index (χ2n) is 3.72. The summed E-state index contributed by atoms with van der Waals surface area (Å²) in [5.41, 5.74) is 0. The van der Waals surface area contributed by atoms with Crippen molar-refractivity contribution >= 4 is 29.4 Å². The van der Waals surface area contributed by atoms with Gasteiger partial charge in [-0.05, 0) is 37.2 Å². The van der Waals surface area contributed by atoms with Gasteiger partial charge in [0.2, 0.25) is 0 Å². The summed E-state index contributed by atoms with van der Waals surface area (Å²) in [5.74, 6) is 0.121. The zero-order valence-corrected chi connectivity index (χ0v) is 9.63. The predicted octanol–water partition coefficient (Wildman–Crippen LogP) is 2.51. The van der Waals surface area contributed by atoms with Gasteiger partial charge in [-0.25, -0.2) is 4.98 Å². The van der Waals surface area contributed by atoms with Crippen LogP contribution >= 0.6 is 23.4 Å². The molecule has 1 saturated carbocycles. The van der Waals surface area contributed by atoms with Crippen molar-refractivity contribution in [3.05, 3.63) is 11.3 Å². The molecule has 1 heterocycles. The Morgan fingerprint density at radius 1 is 1.47 bits per heavy atom. The first-order valence-electron chi connectivity index (χ1n) is 4.90. The highest BCUT2D eigenvalue weighted by molar-refractivity contribution is 7.05. The van der Waals surface area contributed by atoms with Gasteiger partial charge in [-0.3, -0.25) is 4.79 Å². The van der Waals surface area contributed by atoms with E-state index in [2.05, 4.69) is 13.6 Å². The van der Waals surface area contributed by atoms with Crippen molar-refractivity contribution in [2.75, 3.05) is 0 Å². The normalized spacial score (nSPS) is 26.2. The van der Waals surface area contributed by atoms with Gasteiger partial charge >= 0.3 is 5.97 Å². The van der Waals surface area contributed by atoms with Crippen LogP contribution in [0.5, 0.6) is 0 Å². The van der Waals surface area contributed by atoms with Crippen LogP contribution in [-0.4, -0.2) is 15.3 Å². The van der Waals surface area contributed by atoms with E-state index in [-0.39, 0.29) is 11.9 Å². The summed E-state index contributed by atoms with van der Waals surface area (Å²) >= 11 is 6.49. The lowest BCUT2D eigenvalue weighted by molar-refractivity contribution is -0.139. The number of carbonyl (C=O) groups is 1. The number of nitrogens with zero attached hydrogens (tertiary/aromatic N) is 2. The van der Waals surface area contributed by atoms with E-state index >= 15 is 0 Å². The Hall–Kier alpha value is -0.680. The molecule has 0 unspecified atom stereocenters. The lowest BCUT2D eigenvalue weighted by atomic mass is 9.82. The molecular weight excluding hydrogens is 236 g/mol. The van der Waals surface area contributed by atoms with Crippen LogP contribution in [0.25, 0.3) is 0 Å². The minimum atomic E-state index is -0.299. The molecule has 0 aromatic carbocycles. The lowest BCUT2D eigenvalue weighted by Crippen LogP contribution is -2.21. The average molecular weight is 247 g/mol. The molecule has 1 aromatic heterocycles. The van der Waals surface area contributed by atoms with Crippen LogP contribution in [0, 0.1) is 5.92 Å². The molecule has 0 aliphatic heterocycles. The van der Waals surface area contributed by atoms with Crippen molar-refractivity contribution in [2.45, 2.75) is 31.6 Å². The molecule has 0 saturated heterocycles. The Bertz CT molecular complexity index is 323. The maximum Gasteiger partial charge on any atom is 0.327 e. The van der Waals surface area contributed by atoms with Gasteiger partial charge in [-0.15, -0.1) is 0 Å². The number of halogens is 1. The zero-order chi connectivity index (χ0) is 10.7. The van der Waals surface area contributed by atoms with Crippen LogP contribution in [-0.2, 0) is 9.08 Å². The van der Waals surface area contributed by atoms with Crippen molar-refractivity contribution in [2.24, 2.45) is 5.92 Å². The quantitative estimate of drug-likeness (QED) is 0.805. The summed E-state index contributed by atoms with van der Waals surface area (Å²) in [6.45, 7) is 0. The molecule has 1 aliphatic rings. The van der Waals surface area contributed by atoms with E-state index in [9.17, 15) is 4.79 Å². The van der Waals surface area contributed by atoms with Gasteiger partial charge in [-0.2, -0.15) is 4.37 Å². The summed E-state index contributed by atoms with van der Waals surface area (Å²) in [5, 5.41) is 1.08. The van der Waals surface area contributed by atoms with E-state index in [1.165, 1.54) is 11.5 Å². The number of aromatic nitrogens is 2. The minimum Gasteiger partial charge on any atom is -0.347 e. The Morgan fingerprint density at radius 3 is 2.73 bits per heavy atom. The molecule has 0 bridgehead atoms. The minimum absolute atomic E-state index is 0.0355. The van der Waals surface area contributed by atoms with E-state index in [1.807, 2.05) is 0 Å². The average Bonchev–Trinajstić information content (AvgIpc) is 2.82. The zero-order valence-electron chi connectivity index (χ0n) is 8.06. The predicted molar refractivity (Wildman–Crippen MR) is 56.6 cm³/mol. The largest absolute Gasteiger partial charge is 0.347 e. The first-order valence-corrected chi connectivity index (χ1v) is 5.98. The molecule has 1 fully saturated rings. The van der Waals surface area contributed by atoms with Gasteiger partial charge in [0.15, 0.2) is 0 Å². The molecular formula is C9H11ClN2O2S. The molecule has 1 aromatic rings. The number of hydrogen-bond donors (Lipinski definition) is 0. The third kappa shape index (κ3) is 2.46. The van der Waals surface area contributed by atoms with Crippen LogP contribution < -0.4 is 0 Å². The maximum atomic E-state index is 11.2. The molecule has 6 heteroatoms. The Labute approximate surface area is 97.0 Å². The second-order valence-corrected chi connectivity index (χ2v) is 4.69. The third-order valence-electron chi connectivity index (χ3n) is 2.86. The van der Waals surface area contributed by atoms with Gasteiger partial charge in [-0.1, -0.05) is 0 Å². The lowest BCUT2D eigenvalue weighted by Gasteiger charge is -2.24. The van der Waals surface area contributed by atoms with Crippen molar-refractivity contribution in [1.82, 2.24) is 9.36 Å². The summed E-state index contributed by atoms with van der Waals surface area (Å²) in [4.78, 5) is 15.4. The molecule has 1 aliphatic carbocycles. The Balaban J connectivity index is 1.90. The summed E-state index contributed by atoms with van der Waals surface area (Å²) in [6.07, 6.45) is 5.17. The third-order valence-corrected chi connectivity index (χ3v) is 3.84. The van der Waals surface area contributed by atoms with Crippen molar-refractivity contribution in [3.63, 3.8) is 0 Å². The standard InChI is InChI=1S/C9H11ClN2O2S/c10-14-9(13)7-3-1-6(2-4-7)8-11-5-12-15-8/h5-7H,1-4H2. The fraction of sp³-hybridized carbons (Fsp3) is 0.667. The van der Waals surface area contributed by atoms with Crippen molar-refractivity contribution in [3.8, 4) is 0 Å². The van der Waals surface area contributed by atoms with Crippen molar-refractivity contribution < 1.29 is 9.08 Å². The van der Waals surface area contributed by atoms with Gasteiger partial charge < -0.3 is 4.29 Å². The smallest absolute Gasteiger partial charge is 0.327 e. The molecule has 15 heavy (non-hydrogen) atoms. The van der Waals surface area contributed by atoms with Crippen LogP contribution in [0.3, 0.4) is 0 Å². The molecule has 4 nitrogen and oxygen atoms in total. The molecule has 0 radical (unpaired) electrons. The van der Waals surface area contributed by atoms with E-state index in [0.29, 0.717) is 5.92 Å². The maximum absolute atomic E-state index is 11.2. The fourth-order valence-corrected chi connectivity index (χ4v) is 2.81. The fourth-order valence-electron chi connectivity index (χ4n) is 2.00. The van der Waals surface area contributed by atoms with Gasteiger partial charge in [0, 0.05) is 5.92 Å². The molecule has 0 spiro atoms. The van der Waals surface area contributed by atoms with Gasteiger partial charge in [0.05, 0.1) is 5.92 Å². The Kier molecular flexibility index (Phi) is 3.53. The number of rotatable bonds is 2. The second kappa shape index (κ2) is 4.90. The van der Waals surface area contributed by atoms with Crippen LogP contribution in [0.2, 0.25) is 0 Å². The molecule has 82 valence electrons. The molecule has 0 amide bonds.